The number of aromatic nitrogens is 2. The van der Waals surface area contributed by atoms with Crippen molar-refractivity contribution in [3.05, 3.63) is 40.7 Å². The lowest BCUT2D eigenvalue weighted by Crippen LogP contribution is -2.03. The van der Waals surface area contributed by atoms with Gasteiger partial charge in [-0.1, -0.05) is 17.7 Å². The quantitative estimate of drug-likeness (QED) is 0.906. The zero-order valence-corrected chi connectivity index (χ0v) is 12.3. The van der Waals surface area contributed by atoms with Crippen LogP contribution < -0.4 is 5.32 Å². The van der Waals surface area contributed by atoms with Crippen molar-refractivity contribution in [2.45, 2.75) is 34.6 Å². The summed E-state index contributed by atoms with van der Waals surface area (Å²) in [6.45, 7) is 11.3. The van der Waals surface area contributed by atoms with Crippen LogP contribution in [0.25, 0.3) is 11.3 Å². The highest BCUT2D eigenvalue weighted by Gasteiger charge is 2.10. The van der Waals surface area contributed by atoms with E-state index in [0.717, 1.165) is 23.9 Å². The summed E-state index contributed by atoms with van der Waals surface area (Å²) in [4.78, 5) is 8.99. The number of hydrogen-bond donors (Lipinski definition) is 1. The SMILES string of the molecule is CCNc1cc(-c2c(C)cc(C)cc2C)nc(C)n1. The van der Waals surface area contributed by atoms with Crippen molar-refractivity contribution in [1.82, 2.24) is 9.97 Å². The van der Waals surface area contributed by atoms with Crippen LogP contribution in [0.15, 0.2) is 18.2 Å². The Labute approximate surface area is 115 Å². The van der Waals surface area contributed by atoms with Crippen LogP contribution in [0.3, 0.4) is 0 Å². The molecule has 0 aliphatic heterocycles. The summed E-state index contributed by atoms with van der Waals surface area (Å²) in [5.41, 5.74) is 6.03. The van der Waals surface area contributed by atoms with Crippen molar-refractivity contribution in [2.75, 3.05) is 11.9 Å². The second-order valence-electron chi connectivity index (χ2n) is 4.99. The van der Waals surface area contributed by atoms with E-state index in [-0.39, 0.29) is 0 Å². The molecule has 2 rings (SSSR count). The Balaban J connectivity index is 2.58. The molecule has 0 saturated heterocycles. The molecule has 3 nitrogen and oxygen atoms in total. The minimum absolute atomic E-state index is 0.799. The smallest absolute Gasteiger partial charge is 0.130 e. The summed E-state index contributed by atoms with van der Waals surface area (Å²) < 4.78 is 0. The molecule has 2 aromatic rings. The minimum atomic E-state index is 0.799. The molecule has 19 heavy (non-hydrogen) atoms. The number of nitrogens with one attached hydrogen (secondary N) is 1. The van der Waals surface area contributed by atoms with Crippen LogP contribution in [0, 0.1) is 27.7 Å². The van der Waals surface area contributed by atoms with Crippen LogP contribution in [0.4, 0.5) is 5.82 Å². The molecule has 1 N–H and O–H groups in total. The van der Waals surface area contributed by atoms with Crippen molar-refractivity contribution >= 4 is 5.82 Å². The van der Waals surface area contributed by atoms with Gasteiger partial charge in [0, 0.05) is 18.2 Å². The molecule has 0 bridgehead atoms. The van der Waals surface area contributed by atoms with Crippen molar-refractivity contribution in [3.63, 3.8) is 0 Å². The molecule has 0 radical (unpaired) electrons. The van der Waals surface area contributed by atoms with Crippen LogP contribution in [0.2, 0.25) is 0 Å². The van der Waals surface area contributed by atoms with Gasteiger partial charge < -0.3 is 5.32 Å². The third-order valence-corrected chi connectivity index (χ3v) is 3.13. The van der Waals surface area contributed by atoms with E-state index in [2.05, 4.69) is 55.1 Å². The lowest BCUT2D eigenvalue weighted by atomic mass is 9.97. The normalized spacial score (nSPS) is 10.6. The Morgan fingerprint density at radius 2 is 1.58 bits per heavy atom. The van der Waals surface area contributed by atoms with Gasteiger partial charge in [-0.25, -0.2) is 9.97 Å². The molecule has 0 atom stereocenters. The highest BCUT2D eigenvalue weighted by Crippen LogP contribution is 2.28. The van der Waals surface area contributed by atoms with Gasteiger partial charge in [0.05, 0.1) is 5.69 Å². The second-order valence-corrected chi connectivity index (χ2v) is 4.99. The van der Waals surface area contributed by atoms with E-state index in [1.54, 1.807) is 0 Å². The first kappa shape index (κ1) is 13.5. The summed E-state index contributed by atoms with van der Waals surface area (Å²) in [5, 5.41) is 3.26. The predicted octanol–water partition coefficient (Wildman–Crippen LogP) is 3.81. The zero-order valence-electron chi connectivity index (χ0n) is 12.3. The maximum atomic E-state index is 4.59. The molecule has 1 aromatic heterocycles. The van der Waals surface area contributed by atoms with Gasteiger partial charge in [-0.05, 0) is 45.7 Å². The van der Waals surface area contributed by atoms with E-state index in [1.165, 1.54) is 22.3 Å². The van der Waals surface area contributed by atoms with Crippen LogP contribution in [-0.4, -0.2) is 16.5 Å². The standard InChI is InChI=1S/C16H21N3/c1-6-17-15-9-14(18-13(5)19-15)16-11(3)7-10(2)8-12(16)4/h7-9H,6H2,1-5H3,(H,17,18,19). The van der Waals surface area contributed by atoms with Gasteiger partial charge >= 0.3 is 0 Å². The van der Waals surface area contributed by atoms with Crippen molar-refractivity contribution in [1.29, 1.82) is 0 Å². The maximum Gasteiger partial charge on any atom is 0.130 e. The summed E-state index contributed by atoms with van der Waals surface area (Å²) in [5.74, 6) is 1.69. The first-order valence-electron chi connectivity index (χ1n) is 6.69. The number of aryl methyl sites for hydroxylation is 4. The average Bonchev–Trinajstić information content (AvgIpc) is 2.26. The Kier molecular flexibility index (Phi) is 3.84. The zero-order chi connectivity index (χ0) is 14.0. The molecule has 0 spiro atoms. The Morgan fingerprint density at radius 3 is 2.16 bits per heavy atom. The molecule has 3 heteroatoms. The summed E-state index contributed by atoms with van der Waals surface area (Å²) in [7, 11) is 0. The molecular formula is C16H21N3. The van der Waals surface area contributed by atoms with Gasteiger partial charge in [-0.3, -0.25) is 0 Å². The van der Waals surface area contributed by atoms with Crippen LogP contribution in [-0.2, 0) is 0 Å². The third kappa shape index (κ3) is 2.92. The van der Waals surface area contributed by atoms with Gasteiger partial charge in [0.25, 0.3) is 0 Å². The van der Waals surface area contributed by atoms with Gasteiger partial charge in [-0.2, -0.15) is 0 Å². The number of nitrogens with zero attached hydrogens (tertiary/aromatic N) is 2. The fraction of sp³-hybridized carbons (Fsp3) is 0.375. The number of rotatable bonds is 3. The van der Waals surface area contributed by atoms with Gasteiger partial charge in [0.15, 0.2) is 0 Å². The minimum Gasteiger partial charge on any atom is -0.370 e. The first-order valence-corrected chi connectivity index (χ1v) is 6.69. The lowest BCUT2D eigenvalue weighted by molar-refractivity contribution is 1.04. The average molecular weight is 255 g/mol. The van der Waals surface area contributed by atoms with Crippen molar-refractivity contribution < 1.29 is 0 Å². The molecule has 0 aliphatic rings. The van der Waals surface area contributed by atoms with Crippen LogP contribution in [0.5, 0.6) is 0 Å². The second kappa shape index (κ2) is 5.39. The largest absolute Gasteiger partial charge is 0.370 e. The van der Waals surface area contributed by atoms with Crippen molar-refractivity contribution in [3.8, 4) is 11.3 Å². The summed E-state index contributed by atoms with van der Waals surface area (Å²) in [6.07, 6.45) is 0. The molecule has 0 aliphatic carbocycles. The summed E-state index contributed by atoms with van der Waals surface area (Å²) >= 11 is 0. The molecule has 0 fully saturated rings. The highest BCUT2D eigenvalue weighted by molar-refractivity contribution is 5.70. The van der Waals surface area contributed by atoms with Gasteiger partial charge in [-0.15, -0.1) is 0 Å². The molecule has 100 valence electrons. The van der Waals surface area contributed by atoms with Crippen molar-refractivity contribution in [2.24, 2.45) is 0 Å². The molecule has 0 amide bonds. The molecular weight excluding hydrogens is 234 g/mol. The fourth-order valence-corrected chi connectivity index (χ4v) is 2.55. The van der Waals surface area contributed by atoms with E-state index in [0.29, 0.717) is 0 Å². The monoisotopic (exact) mass is 255 g/mol. The number of benzene rings is 1. The number of anilines is 1. The molecule has 1 aromatic carbocycles. The molecule has 0 saturated carbocycles. The lowest BCUT2D eigenvalue weighted by Gasteiger charge is -2.13. The van der Waals surface area contributed by atoms with Crippen LogP contribution >= 0.6 is 0 Å². The van der Waals surface area contributed by atoms with E-state index in [4.69, 9.17) is 0 Å². The number of hydrogen-bond acceptors (Lipinski definition) is 3. The summed E-state index contributed by atoms with van der Waals surface area (Å²) in [6, 6.07) is 6.43. The van der Waals surface area contributed by atoms with Gasteiger partial charge in [0.1, 0.15) is 11.6 Å². The van der Waals surface area contributed by atoms with E-state index in [9.17, 15) is 0 Å². The topological polar surface area (TPSA) is 37.8 Å². The third-order valence-electron chi connectivity index (χ3n) is 3.13. The Bertz CT molecular complexity index is 580. The van der Waals surface area contributed by atoms with Gasteiger partial charge in [0.2, 0.25) is 0 Å². The van der Waals surface area contributed by atoms with E-state index < -0.39 is 0 Å². The Hall–Kier alpha value is -1.90. The maximum absolute atomic E-state index is 4.59. The van der Waals surface area contributed by atoms with E-state index >= 15 is 0 Å². The molecule has 0 unspecified atom stereocenters. The first-order chi connectivity index (χ1) is 9.01. The molecule has 1 heterocycles. The predicted molar refractivity (Wildman–Crippen MR) is 80.6 cm³/mol. The highest BCUT2D eigenvalue weighted by atomic mass is 15.0. The van der Waals surface area contributed by atoms with Crippen LogP contribution in [0.1, 0.15) is 29.4 Å². The fourth-order valence-electron chi connectivity index (χ4n) is 2.55. The Morgan fingerprint density at radius 1 is 0.947 bits per heavy atom. The van der Waals surface area contributed by atoms with E-state index in [1.807, 2.05) is 13.0 Å².